The minimum absolute atomic E-state index is 0.180. The number of benzene rings is 1. The fourth-order valence-electron chi connectivity index (χ4n) is 2.55. The third-order valence-corrected chi connectivity index (χ3v) is 4.82. The molecule has 0 aliphatic carbocycles. The minimum Gasteiger partial charge on any atom is -0.478 e. The van der Waals surface area contributed by atoms with Crippen LogP contribution in [0.25, 0.3) is 22.4 Å². The molecule has 4 rings (SSSR count). The average Bonchev–Trinajstić information content (AvgIpc) is 3.24. The number of fused-ring (bicyclic) bond motifs is 1. The zero-order valence-electron chi connectivity index (χ0n) is 13.5. The van der Waals surface area contributed by atoms with Gasteiger partial charge in [0.2, 0.25) is 0 Å². The Morgan fingerprint density at radius 1 is 1.27 bits per heavy atom. The van der Waals surface area contributed by atoms with Gasteiger partial charge in [-0.1, -0.05) is 17.7 Å². The Labute approximate surface area is 157 Å². The van der Waals surface area contributed by atoms with Crippen molar-refractivity contribution in [1.82, 2.24) is 15.0 Å². The first-order valence-electron chi connectivity index (χ1n) is 7.62. The van der Waals surface area contributed by atoms with Gasteiger partial charge in [0.05, 0.1) is 21.8 Å². The second kappa shape index (κ2) is 6.44. The van der Waals surface area contributed by atoms with Crippen LogP contribution in [-0.4, -0.2) is 26.0 Å². The molecule has 8 heteroatoms. The zero-order chi connectivity index (χ0) is 18.3. The first-order chi connectivity index (χ1) is 12.5. The van der Waals surface area contributed by atoms with E-state index in [4.69, 9.17) is 16.3 Å². The molecule has 0 fully saturated rings. The van der Waals surface area contributed by atoms with Crippen molar-refractivity contribution in [2.75, 3.05) is 0 Å². The van der Waals surface area contributed by atoms with E-state index in [9.17, 15) is 9.90 Å². The van der Waals surface area contributed by atoms with E-state index in [0.717, 1.165) is 5.56 Å². The van der Waals surface area contributed by atoms with Gasteiger partial charge in [-0.2, -0.15) is 16.3 Å². The number of hydrogen-bond donors (Lipinski definition) is 2. The number of aromatic amines is 1. The highest BCUT2D eigenvalue weighted by Gasteiger charge is 2.14. The molecule has 0 atom stereocenters. The molecule has 3 heterocycles. The van der Waals surface area contributed by atoms with Gasteiger partial charge in [0.25, 0.3) is 0 Å². The number of nitrogens with one attached hydrogen (secondary N) is 1. The number of aryl methyl sites for hydroxylation is 1. The summed E-state index contributed by atoms with van der Waals surface area (Å²) in [6.45, 7) is 1.73. The second-order valence-corrected chi connectivity index (χ2v) is 6.82. The van der Waals surface area contributed by atoms with Gasteiger partial charge in [-0.25, -0.2) is 9.78 Å². The molecule has 0 saturated carbocycles. The Kier molecular flexibility index (Phi) is 4.10. The fourth-order valence-corrected chi connectivity index (χ4v) is 3.45. The fraction of sp³-hybridized carbons (Fsp3) is 0.0556. The number of carboxylic acids is 1. The van der Waals surface area contributed by atoms with Gasteiger partial charge in [0.1, 0.15) is 5.75 Å². The van der Waals surface area contributed by atoms with Crippen molar-refractivity contribution < 1.29 is 14.6 Å². The predicted octanol–water partition coefficient (Wildman–Crippen LogP) is 5.14. The first kappa shape index (κ1) is 16.6. The number of H-pyrrole nitrogens is 1. The number of pyridine rings is 1. The highest BCUT2D eigenvalue weighted by atomic mass is 35.5. The molecule has 0 spiro atoms. The van der Waals surface area contributed by atoms with E-state index in [2.05, 4.69) is 15.0 Å². The molecule has 130 valence electrons. The number of rotatable bonds is 4. The van der Waals surface area contributed by atoms with E-state index in [1.165, 1.54) is 6.07 Å². The van der Waals surface area contributed by atoms with E-state index in [1.54, 1.807) is 36.5 Å². The Morgan fingerprint density at radius 2 is 2.12 bits per heavy atom. The summed E-state index contributed by atoms with van der Waals surface area (Å²) in [4.78, 5) is 23.1. The van der Waals surface area contributed by atoms with Gasteiger partial charge >= 0.3 is 12.0 Å². The minimum atomic E-state index is -1.01. The molecule has 0 bridgehead atoms. The van der Waals surface area contributed by atoms with Crippen LogP contribution in [0.5, 0.6) is 11.8 Å². The number of nitrogens with zero attached hydrogens (tertiary/aromatic N) is 2. The van der Waals surface area contributed by atoms with E-state index in [1.807, 2.05) is 16.8 Å². The topological polar surface area (TPSA) is 88.1 Å². The van der Waals surface area contributed by atoms with Crippen molar-refractivity contribution in [1.29, 1.82) is 0 Å². The maximum absolute atomic E-state index is 11.3. The molecule has 26 heavy (non-hydrogen) atoms. The van der Waals surface area contributed by atoms with Crippen LogP contribution in [0, 0.1) is 6.92 Å². The maximum atomic E-state index is 11.3. The van der Waals surface area contributed by atoms with Crippen LogP contribution in [0.3, 0.4) is 0 Å². The molecule has 4 aromatic rings. The summed E-state index contributed by atoms with van der Waals surface area (Å²) in [5.74, 6) is -0.636. The molecule has 1 aromatic carbocycles. The number of ether oxygens (including phenoxy) is 1. The van der Waals surface area contributed by atoms with Crippen molar-refractivity contribution in [3.63, 3.8) is 0 Å². The molecule has 0 amide bonds. The number of halogens is 1. The van der Waals surface area contributed by atoms with Crippen molar-refractivity contribution in [3.05, 3.63) is 57.2 Å². The summed E-state index contributed by atoms with van der Waals surface area (Å²) in [6.07, 6.45) is 0. The first-order valence-corrected chi connectivity index (χ1v) is 8.94. The van der Waals surface area contributed by atoms with Crippen LogP contribution in [0.1, 0.15) is 15.9 Å². The van der Waals surface area contributed by atoms with Gasteiger partial charge in [0.15, 0.2) is 5.65 Å². The van der Waals surface area contributed by atoms with Gasteiger partial charge in [-0.05, 0) is 42.1 Å². The number of thiophene rings is 1. The molecule has 0 radical (unpaired) electrons. The number of imidazole rings is 1. The maximum Gasteiger partial charge on any atom is 0.336 e. The van der Waals surface area contributed by atoms with Gasteiger partial charge < -0.3 is 14.8 Å². The Balaban J connectivity index is 1.70. The van der Waals surface area contributed by atoms with Crippen molar-refractivity contribution >= 4 is 40.1 Å². The Bertz CT molecular complexity index is 1120. The highest BCUT2D eigenvalue weighted by Crippen LogP contribution is 2.31. The number of aromatic nitrogens is 3. The van der Waals surface area contributed by atoms with E-state index >= 15 is 0 Å². The lowest BCUT2D eigenvalue weighted by Gasteiger charge is -2.05. The zero-order valence-corrected chi connectivity index (χ0v) is 15.1. The third-order valence-electron chi connectivity index (χ3n) is 3.85. The summed E-state index contributed by atoms with van der Waals surface area (Å²) in [7, 11) is 0. The van der Waals surface area contributed by atoms with Crippen molar-refractivity contribution in [2.24, 2.45) is 0 Å². The van der Waals surface area contributed by atoms with Gasteiger partial charge in [-0.15, -0.1) is 0 Å². The molecule has 6 nitrogen and oxygen atoms in total. The largest absolute Gasteiger partial charge is 0.478 e. The lowest BCUT2D eigenvalue weighted by atomic mass is 10.1. The molecule has 3 aromatic heterocycles. The molecule has 0 aliphatic rings. The summed E-state index contributed by atoms with van der Waals surface area (Å²) >= 11 is 7.89. The van der Waals surface area contributed by atoms with Crippen molar-refractivity contribution in [3.8, 4) is 23.0 Å². The second-order valence-electron chi connectivity index (χ2n) is 5.63. The number of hydrogen-bond acceptors (Lipinski definition) is 5. The summed E-state index contributed by atoms with van der Waals surface area (Å²) in [6, 6.07) is 8.73. The quantitative estimate of drug-likeness (QED) is 0.507. The monoisotopic (exact) mass is 385 g/mol. The molecular formula is C18H12ClN3O3S. The van der Waals surface area contributed by atoms with Crippen LogP contribution in [0.15, 0.2) is 41.1 Å². The van der Waals surface area contributed by atoms with E-state index in [-0.39, 0.29) is 11.6 Å². The normalized spacial score (nSPS) is 11.0. The third kappa shape index (κ3) is 3.02. The number of aromatic carboxylic acids is 1. The number of carbonyl (C=O) groups is 1. The van der Waals surface area contributed by atoms with Crippen LogP contribution in [0.4, 0.5) is 0 Å². The van der Waals surface area contributed by atoms with Crippen LogP contribution < -0.4 is 4.74 Å². The standard InChI is InChI=1S/C18H12ClN3O3S/c1-9-2-3-11(6-12(9)17(23)24)25-18-20-14-7-13(19)15(21-16(14)22-18)10-4-5-26-8-10/h2-8H,1H3,(H,23,24)(H,20,21,22). The molecule has 2 N–H and O–H groups in total. The highest BCUT2D eigenvalue weighted by molar-refractivity contribution is 7.08. The van der Waals surface area contributed by atoms with E-state index in [0.29, 0.717) is 33.2 Å². The smallest absolute Gasteiger partial charge is 0.336 e. The lowest BCUT2D eigenvalue weighted by molar-refractivity contribution is 0.0695. The molecule has 0 saturated heterocycles. The summed E-state index contributed by atoms with van der Waals surface area (Å²) in [5, 5.41) is 13.6. The summed E-state index contributed by atoms with van der Waals surface area (Å²) < 4.78 is 5.67. The molecule has 0 unspecified atom stereocenters. The predicted molar refractivity (Wildman–Crippen MR) is 100 cm³/mol. The van der Waals surface area contributed by atoms with Gasteiger partial charge in [-0.3, -0.25) is 0 Å². The van der Waals surface area contributed by atoms with E-state index < -0.39 is 5.97 Å². The van der Waals surface area contributed by atoms with Crippen LogP contribution in [0.2, 0.25) is 5.02 Å². The van der Waals surface area contributed by atoms with Crippen molar-refractivity contribution in [2.45, 2.75) is 6.92 Å². The molecular weight excluding hydrogens is 374 g/mol. The number of carboxylic acid groups (broad SMARTS) is 1. The molecule has 0 aliphatic heterocycles. The average molecular weight is 386 g/mol. The van der Waals surface area contributed by atoms with Crippen LogP contribution >= 0.6 is 22.9 Å². The SMILES string of the molecule is Cc1ccc(Oc2nc3nc(-c4ccsc4)c(Cl)cc3[nH]2)cc1C(=O)O. The van der Waals surface area contributed by atoms with Gasteiger partial charge in [0, 0.05) is 10.9 Å². The Morgan fingerprint density at radius 3 is 2.85 bits per heavy atom. The Hall–Kier alpha value is -2.90. The van der Waals surface area contributed by atoms with Crippen LogP contribution in [-0.2, 0) is 0 Å². The summed E-state index contributed by atoms with van der Waals surface area (Å²) in [5.41, 5.74) is 3.52. The lowest BCUT2D eigenvalue weighted by Crippen LogP contribution is -2.00.